The predicted octanol–water partition coefficient (Wildman–Crippen LogP) is 4.28. The van der Waals surface area contributed by atoms with Crippen molar-refractivity contribution in [2.75, 3.05) is 13.1 Å². The maximum Gasteiger partial charge on any atom is 0.274 e. The van der Waals surface area contributed by atoms with E-state index in [4.69, 9.17) is 4.74 Å². The molecule has 5 nitrogen and oxygen atoms in total. The van der Waals surface area contributed by atoms with Gasteiger partial charge in [0.2, 0.25) is 10.0 Å². The SMILES string of the molecule is Cc1ccc(S(=O)(=O)N2CCC(Oc3nc4c(F)cccc4s3)CC2)c(C)c1. The van der Waals surface area contributed by atoms with E-state index >= 15 is 0 Å². The predicted molar refractivity (Wildman–Crippen MR) is 108 cm³/mol. The molecule has 0 N–H and O–H groups in total. The molecule has 1 saturated heterocycles. The van der Waals surface area contributed by atoms with Crippen LogP contribution >= 0.6 is 11.3 Å². The minimum atomic E-state index is -3.52. The summed E-state index contributed by atoms with van der Waals surface area (Å²) in [5, 5.41) is 0.427. The summed E-state index contributed by atoms with van der Waals surface area (Å²) in [6.07, 6.45) is 1.01. The van der Waals surface area contributed by atoms with Gasteiger partial charge in [-0.15, -0.1) is 0 Å². The summed E-state index contributed by atoms with van der Waals surface area (Å²) in [6, 6.07) is 10.2. The molecule has 3 aromatic rings. The second-order valence-electron chi connectivity index (χ2n) is 7.06. The standard InChI is InChI=1S/C20H21FN2O3S2/c1-13-6-7-18(14(2)12-13)28(24,25)23-10-8-15(9-11-23)26-20-22-19-16(21)4-3-5-17(19)27-20/h3-7,12,15H,8-11H2,1-2H3. The molecule has 1 aliphatic rings. The Labute approximate surface area is 167 Å². The van der Waals surface area contributed by atoms with Gasteiger partial charge in [0.25, 0.3) is 5.19 Å². The van der Waals surface area contributed by atoms with Crippen LogP contribution in [0.3, 0.4) is 0 Å². The Hall–Kier alpha value is -2.03. The summed E-state index contributed by atoms with van der Waals surface area (Å²) in [5.41, 5.74) is 2.11. The second-order valence-corrected chi connectivity index (χ2v) is 9.96. The Morgan fingerprint density at radius 1 is 1.18 bits per heavy atom. The van der Waals surface area contributed by atoms with Crippen LogP contribution < -0.4 is 4.74 Å². The number of piperidine rings is 1. The summed E-state index contributed by atoms with van der Waals surface area (Å²) >= 11 is 1.31. The van der Waals surface area contributed by atoms with Crippen molar-refractivity contribution in [3.05, 3.63) is 53.3 Å². The van der Waals surface area contributed by atoms with Crippen LogP contribution in [0.4, 0.5) is 4.39 Å². The molecule has 8 heteroatoms. The number of sulfonamides is 1. The third-order valence-electron chi connectivity index (χ3n) is 4.97. The van der Waals surface area contributed by atoms with Crippen molar-refractivity contribution in [1.82, 2.24) is 9.29 Å². The van der Waals surface area contributed by atoms with Crippen LogP contribution in [0, 0.1) is 19.7 Å². The number of ether oxygens (including phenoxy) is 1. The first-order valence-corrected chi connectivity index (χ1v) is 11.4. The number of thiazole rings is 1. The van der Waals surface area contributed by atoms with Gasteiger partial charge >= 0.3 is 0 Å². The van der Waals surface area contributed by atoms with Crippen LogP contribution in [0.1, 0.15) is 24.0 Å². The zero-order valence-electron chi connectivity index (χ0n) is 15.7. The molecule has 0 spiro atoms. The molecule has 0 saturated carbocycles. The Morgan fingerprint density at radius 2 is 1.93 bits per heavy atom. The molecule has 1 aromatic heterocycles. The van der Waals surface area contributed by atoms with Gasteiger partial charge in [-0.05, 0) is 50.5 Å². The Bertz CT molecular complexity index is 1120. The van der Waals surface area contributed by atoms with Gasteiger partial charge in [-0.25, -0.2) is 12.8 Å². The highest BCUT2D eigenvalue weighted by Crippen LogP contribution is 2.32. The van der Waals surface area contributed by atoms with Crippen molar-refractivity contribution in [2.24, 2.45) is 0 Å². The lowest BCUT2D eigenvalue weighted by Crippen LogP contribution is -2.41. The van der Waals surface area contributed by atoms with E-state index in [2.05, 4.69) is 4.98 Å². The molecule has 0 amide bonds. The highest BCUT2D eigenvalue weighted by molar-refractivity contribution is 7.89. The van der Waals surface area contributed by atoms with Crippen LogP contribution in [0.5, 0.6) is 5.19 Å². The lowest BCUT2D eigenvalue weighted by atomic mass is 10.1. The molecule has 28 heavy (non-hydrogen) atoms. The van der Waals surface area contributed by atoms with Gasteiger partial charge in [-0.1, -0.05) is 35.1 Å². The Balaban J connectivity index is 1.44. The van der Waals surface area contributed by atoms with Crippen LogP contribution in [0.15, 0.2) is 41.3 Å². The van der Waals surface area contributed by atoms with Crippen molar-refractivity contribution in [2.45, 2.75) is 37.7 Å². The van der Waals surface area contributed by atoms with Crippen LogP contribution in [-0.4, -0.2) is 36.9 Å². The van der Waals surface area contributed by atoms with Crippen molar-refractivity contribution >= 4 is 31.6 Å². The Kier molecular flexibility index (Phi) is 5.11. The number of para-hydroxylation sites is 1. The van der Waals surface area contributed by atoms with Gasteiger partial charge in [0.1, 0.15) is 17.4 Å². The largest absolute Gasteiger partial charge is 0.467 e. The highest BCUT2D eigenvalue weighted by atomic mass is 32.2. The van der Waals surface area contributed by atoms with E-state index in [-0.39, 0.29) is 11.9 Å². The first-order valence-electron chi connectivity index (χ1n) is 9.14. The molecule has 2 aromatic carbocycles. The third kappa shape index (κ3) is 3.64. The number of hydrogen-bond donors (Lipinski definition) is 0. The lowest BCUT2D eigenvalue weighted by Gasteiger charge is -2.31. The first-order chi connectivity index (χ1) is 13.3. The lowest BCUT2D eigenvalue weighted by molar-refractivity contribution is 0.135. The molecular formula is C20H21FN2O3S2. The van der Waals surface area contributed by atoms with E-state index in [9.17, 15) is 12.8 Å². The van der Waals surface area contributed by atoms with E-state index in [1.165, 1.54) is 21.7 Å². The van der Waals surface area contributed by atoms with E-state index in [1.807, 2.05) is 32.0 Å². The van der Waals surface area contributed by atoms with Gasteiger partial charge in [0.05, 0.1) is 9.60 Å². The molecule has 1 aliphatic heterocycles. The van der Waals surface area contributed by atoms with Crippen molar-refractivity contribution in [1.29, 1.82) is 0 Å². The minimum Gasteiger partial charge on any atom is -0.467 e. The van der Waals surface area contributed by atoms with Gasteiger partial charge in [-0.2, -0.15) is 9.29 Å². The zero-order chi connectivity index (χ0) is 19.9. The summed E-state index contributed by atoms with van der Waals surface area (Å²) in [6.45, 7) is 4.54. The molecule has 4 rings (SSSR count). The number of rotatable bonds is 4. The van der Waals surface area contributed by atoms with Gasteiger partial charge in [-0.3, -0.25) is 0 Å². The number of hydrogen-bond acceptors (Lipinski definition) is 5. The fourth-order valence-corrected chi connectivity index (χ4v) is 6.08. The normalized spacial score (nSPS) is 16.5. The average Bonchev–Trinajstić information content (AvgIpc) is 3.06. The zero-order valence-corrected chi connectivity index (χ0v) is 17.3. The maximum absolute atomic E-state index is 13.8. The smallest absolute Gasteiger partial charge is 0.274 e. The molecule has 0 bridgehead atoms. The molecule has 0 atom stereocenters. The quantitative estimate of drug-likeness (QED) is 0.632. The van der Waals surface area contributed by atoms with E-state index in [0.717, 1.165) is 15.8 Å². The van der Waals surface area contributed by atoms with E-state index < -0.39 is 10.0 Å². The maximum atomic E-state index is 13.8. The van der Waals surface area contributed by atoms with Gasteiger partial charge in [0, 0.05) is 13.1 Å². The minimum absolute atomic E-state index is 0.130. The van der Waals surface area contributed by atoms with Crippen LogP contribution in [-0.2, 0) is 10.0 Å². The number of nitrogens with zero attached hydrogens (tertiary/aromatic N) is 2. The van der Waals surface area contributed by atoms with Crippen LogP contribution in [0.25, 0.3) is 10.2 Å². The first kappa shape index (κ1) is 19.3. The van der Waals surface area contributed by atoms with Crippen molar-refractivity contribution in [3.8, 4) is 5.19 Å². The second kappa shape index (κ2) is 7.42. The molecule has 148 valence electrons. The van der Waals surface area contributed by atoms with E-state index in [1.54, 1.807) is 12.1 Å². The number of aromatic nitrogens is 1. The van der Waals surface area contributed by atoms with Gasteiger partial charge in [0.15, 0.2) is 0 Å². The number of halogens is 1. The number of aryl methyl sites for hydroxylation is 2. The van der Waals surface area contributed by atoms with E-state index in [0.29, 0.717) is 41.5 Å². The van der Waals surface area contributed by atoms with Crippen molar-refractivity contribution in [3.63, 3.8) is 0 Å². The molecule has 0 unspecified atom stereocenters. The summed E-state index contributed by atoms with van der Waals surface area (Å²) in [7, 11) is -3.52. The number of fused-ring (bicyclic) bond motifs is 1. The fourth-order valence-electron chi connectivity index (χ4n) is 3.51. The average molecular weight is 421 g/mol. The third-order valence-corrected chi connectivity index (χ3v) is 7.94. The summed E-state index contributed by atoms with van der Waals surface area (Å²) in [5.74, 6) is -0.363. The van der Waals surface area contributed by atoms with Crippen LogP contribution in [0.2, 0.25) is 0 Å². The topological polar surface area (TPSA) is 59.5 Å². The Morgan fingerprint density at radius 3 is 2.61 bits per heavy atom. The molecule has 2 heterocycles. The molecule has 1 fully saturated rings. The van der Waals surface area contributed by atoms with Crippen molar-refractivity contribution < 1.29 is 17.5 Å². The monoisotopic (exact) mass is 420 g/mol. The van der Waals surface area contributed by atoms with Gasteiger partial charge < -0.3 is 4.74 Å². The molecular weight excluding hydrogens is 399 g/mol. The summed E-state index contributed by atoms with van der Waals surface area (Å²) in [4.78, 5) is 4.59. The fraction of sp³-hybridized carbons (Fsp3) is 0.350. The number of benzene rings is 2. The highest BCUT2D eigenvalue weighted by Gasteiger charge is 2.31. The molecule has 0 radical (unpaired) electrons. The summed E-state index contributed by atoms with van der Waals surface area (Å²) < 4.78 is 47.9. The molecule has 0 aliphatic carbocycles.